The van der Waals surface area contributed by atoms with Crippen LogP contribution in [0.25, 0.3) is 0 Å². The van der Waals surface area contributed by atoms with Gasteiger partial charge in [-0.2, -0.15) is 0 Å². The van der Waals surface area contributed by atoms with Crippen LogP contribution >= 0.6 is 0 Å². The van der Waals surface area contributed by atoms with E-state index in [0.29, 0.717) is 0 Å². The average molecular weight is 198 g/mol. The SMILES string of the molecule is CC.CCC1CC(N2CCNCC2)C1. The summed E-state index contributed by atoms with van der Waals surface area (Å²) in [4.78, 5) is 2.67. The summed E-state index contributed by atoms with van der Waals surface area (Å²) in [5, 5.41) is 3.40. The second-order valence-corrected chi connectivity index (χ2v) is 4.19. The number of nitrogens with zero attached hydrogens (tertiary/aromatic N) is 1. The van der Waals surface area contributed by atoms with Crippen molar-refractivity contribution in [3.8, 4) is 0 Å². The fourth-order valence-electron chi connectivity index (χ4n) is 2.38. The van der Waals surface area contributed by atoms with E-state index in [0.717, 1.165) is 12.0 Å². The van der Waals surface area contributed by atoms with Gasteiger partial charge in [-0.1, -0.05) is 27.2 Å². The molecule has 0 unspecified atom stereocenters. The first-order chi connectivity index (χ1) is 6.90. The summed E-state index contributed by atoms with van der Waals surface area (Å²) in [6, 6.07) is 0.942. The van der Waals surface area contributed by atoms with E-state index in [4.69, 9.17) is 0 Å². The topological polar surface area (TPSA) is 15.3 Å². The lowest BCUT2D eigenvalue weighted by atomic mass is 9.77. The van der Waals surface area contributed by atoms with Gasteiger partial charge in [0, 0.05) is 32.2 Å². The molecule has 0 spiro atoms. The molecule has 0 atom stereocenters. The molecule has 2 aliphatic rings. The normalized spacial score (nSPS) is 32.8. The van der Waals surface area contributed by atoms with Gasteiger partial charge in [0.2, 0.25) is 0 Å². The highest BCUT2D eigenvalue weighted by Gasteiger charge is 2.32. The van der Waals surface area contributed by atoms with Gasteiger partial charge in [-0.25, -0.2) is 0 Å². The van der Waals surface area contributed by atoms with Gasteiger partial charge in [0.15, 0.2) is 0 Å². The Morgan fingerprint density at radius 3 is 2.21 bits per heavy atom. The fourth-order valence-corrected chi connectivity index (χ4v) is 2.38. The lowest BCUT2D eigenvalue weighted by molar-refractivity contribution is 0.0662. The Morgan fingerprint density at radius 1 is 1.14 bits per heavy atom. The molecule has 0 aromatic rings. The summed E-state index contributed by atoms with van der Waals surface area (Å²) in [5.41, 5.74) is 0. The zero-order valence-electron chi connectivity index (χ0n) is 10.1. The minimum Gasteiger partial charge on any atom is -0.314 e. The quantitative estimate of drug-likeness (QED) is 0.731. The maximum atomic E-state index is 3.40. The summed E-state index contributed by atoms with van der Waals surface area (Å²) < 4.78 is 0. The second kappa shape index (κ2) is 6.41. The van der Waals surface area contributed by atoms with E-state index in [1.165, 1.54) is 45.4 Å². The second-order valence-electron chi connectivity index (χ2n) is 4.19. The van der Waals surface area contributed by atoms with Crippen LogP contribution in [0.5, 0.6) is 0 Å². The minimum atomic E-state index is 0.942. The maximum absolute atomic E-state index is 3.40. The molecular weight excluding hydrogens is 172 g/mol. The smallest absolute Gasteiger partial charge is 0.0110 e. The zero-order chi connectivity index (χ0) is 10.4. The largest absolute Gasteiger partial charge is 0.314 e. The molecule has 0 radical (unpaired) electrons. The fraction of sp³-hybridized carbons (Fsp3) is 1.00. The van der Waals surface area contributed by atoms with Gasteiger partial charge in [0.05, 0.1) is 0 Å². The Labute approximate surface area is 89.1 Å². The average Bonchev–Trinajstić information content (AvgIpc) is 2.21. The van der Waals surface area contributed by atoms with Crippen molar-refractivity contribution in [2.24, 2.45) is 5.92 Å². The third kappa shape index (κ3) is 2.96. The van der Waals surface area contributed by atoms with Gasteiger partial charge < -0.3 is 5.32 Å². The van der Waals surface area contributed by atoms with Gasteiger partial charge in [0.1, 0.15) is 0 Å². The first-order valence-corrected chi connectivity index (χ1v) is 6.35. The molecule has 1 saturated carbocycles. The van der Waals surface area contributed by atoms with Gasteiger partial charge in [0.25, 0.3) is 0 Å². The molecule has 1 aliphatic heterocycles. The van der Waals surface area contributed by atoms with Crippen molar-refractivity contribution in [2.45, 2.75) is 46.1 Å². The summed E-state index contributed by atoms with van der Waals surface area (Å²) in [6.07, 6.45) is 4.33. The van der Waals surface area contributed by atoms with E-state index in [2.05, 4.69) is 17.1 Å². The number of piperazine rings is 1. The van der Waals surface area contributed by atoms with Gasteiger partial charge >= 0.3 is 0 Å². The highest BCUT2D eigenvalue weighted by Crippen LogP contribution is 2.33. The molecule has 2 rings (SSSR count). The monoisotopic (exact) mass is 198 g/mol. The Morgan fingerprint density at radius 2 is 1.71 bits per heavy atom. The van der Waals surface area contributed by atoms with Crippen LogP contribution in [0.4, 0.5) is 0 Å². The highest BCUT2D eigenvalue weighted by atomic mass is 15.2. The molecule has 0 bridgehead atoms. The first kappa shape index (κ1) is 12.0. The lowest BCUT2D eigenvalue weighted by Crippen LogP contribution is -2.52. The van der Waals surface area contributed by atoms with E-state index >= 15 is 0 Å². The molecule has 1 heterocycles. The van der Waals surface area contributed by atoms with Gasteiger partial charge in [-0.05, 0) is 18.8 Å². The molecule has 1 aliphatic carbocycles. The van der Waals surface area contributed by atoms with Crippen LogP contribution < -0.4 is 5.32 Å². The van der Waals surface area contributed by atoms with Crippen LogP contribution in [0.15, 0.2) is 0 Å². The van der Waals surface area contributed by atoms with Crippen molar-refractivity contribution in [3.63, 3.8) is 0 Å². The summed E-state index contributed by atoms with van der Waals surface area (Å²) >= 11 is 0. The molecule has 0 amide bonds. The molecule has 0 aromatic heterocycles. The van der Waals surface area contributed by atoms with E-state index in [9.17, 15) is 0 Å². The first-order valence-electron chi connectivity index (χ1n) is 6.35. The number of nitrogens with one attached hydrogen (secondary N) is 1. The highest BCUT2D eigenvalue weighted by molar-refractivity contribution is 4.88. The number of hydrogen-bond acceptors (Lipinski definition) is 2. The maximum Gasteiger partial charge on any atom is 0.0110 e. The molecule has 2 fully saturated rings. The Hall–Kier alpha value is -0.0800. The Bertz CT molecular complexity index is 135. The van der Waals surface area contributed by atoms with Crippen LogP contribution in [0, 0.1) is 5.92 Å². The Balaban J connectivity index is 0.000000461. The van der Waals surface area contributed by atoms with Crippen molar-refractivity contribution >= 4 is 0 Å². The van der Waals surface area contributed by atoms with Gasteiger partial charge in [-0.3, -0.25) is 4.90 Å². The van der Waals surface area contributed by atoms with Crippen LogP contribution in [0.3, 0.4) is 0 Å². The third-order valence-corrected chi connectivity index (χ3v) is 3.46. The lowest BCUT2D eigenvalue weighted by Gasteiger charge is -2.44. The van der Waals surface area contributed by atoms with E-state index in [-0.39, 0.29) is 0 Å². The van der Waals surface area contributed by atoms with Crippen molar-refractivity contribution in [1.82, 2.24) is 10.2 Å². The van der Waals surface area contributed by atoms with E-state index < -0.39 is 0 Å². The van der Waals surface area contributed by atoms with Crippen LogP contribution in [-0.2, 0) is 0 Å². The molecule has 84 valence electrons. The minimum absolute atomic E-state index is 0.942. The molecule has 2 heteroatoms. The standard InChI is InChI=1S/C10H20N2.C2H6/c1-2-9-7-10(8-9)12-5-3-11-4-6-12;1-2/h9-11H,2-8H2,1H3;1-2H3. The number of hydrogen-bond donors (Lipinski definition) is 1. The number of rotatable bonds is 2. The van der Waals surface area contributed by atoms with Crippen LogP contribution in [-0.4, -0.2) is 37.1 Å². The Kier molecular flexibility index (Phi) is 5.49. The van der Waals surface area contributed by atoms with E-state index in [1.54, 1.807) is 0 Å². The van der Waals surface area contributed by atoms with Gasteiger partial charge in [-0.15, -0.1) is 0 Å². The summed E-state index contributed by atoms with van der Waals surface area (Å²) in [6.45, 7) is 11.3. The third-order valence-electron chi connectivity index (χ3n) is 3.46. The summed E-state index contributed by atoms with van der Waals surface area (Å²) in [5.74, 6) is 1.05. The molecule has 1 saturated heterocycles. The van der Waals surface area contributed by atoms with Crippen molar-refractivity contribution in [3.05, 3.63) is 0 Å². The van der Waals surface area contributed by atoms with Crippen LogP contribution in [0.1, 0.15) is 40.0 Å². The predicted octanol–water partition coefficient (Wildman–Crippen LogP) is 2.11. The predicted molar refractivity (Wildman–Crippen MR) is 62.6 cm³/mol. The molecule has 2 nitrogen and oxygen atoms in total. The van der Waals surface area contributed by atoms with Crippen molar-refractivity contribution < 1.29 is 0 Å². The molecule has 14 heavy (non-hydrogen) atoms. The van der Waals surface area contributed by atoms with E-state index in [1.807, 2.05) is 13.8 Å². The van der Waals surface area contributed by atoms with Crippen molar-refractivity contribution in [1.29, 1.82) is 0 Å². The molecule has 0 aromatic carbocycles. The summed E-state index contributed by atoms with van der Waals surface area (Å²) in [7, 11) is 0. The van der Waals surface area contributed by atoms with Crippen LogP contribution in [0.2, 0.25) is 0 Å². The molecule has 1 N–H and O–H groups in total. The van der Waals surface area contributed by atoms with Crippen molar-refractivity contribution in [2.75, 3.05) is 26.2 Å². The molecular formula is C12H26N2. The zero-order valence-corrected chi connectivity index (χ0v) is 10.1.